The van der Waals surface area contributed by atoms with E-state index in [1.54, 1.807) is 18.2 Å². The van der Waals surface area contributed by atoms with Gasteiger partial charge in [0.2, 0.25) is 0 Å². The van der Waals surface area contributed by atoms with E-state index >= 15 is 0 Å². The van der Waals surface area contributed by atoms with E-state index in [4.69, 9.17) is 0 Å². The van der Waals surface area contributed by atoms with Gasteiger partial charge in [-0.15, -0.1) is 0 Å². The summed E-state index contributed by atoms with van der Waals surface area (Å²) in [5.41, 5.74) is 4.05. The highest BCUT2D eigenvalue weighted by atomic mass is 16.4. The zero-order valence-electron chi connectivity index (χ0n) is 16.7. The number of phenols is 1. The van der Waals surface area contributed by atoms with E-state index < -0.39 is 5.97 Å². The molecule has 140 valence electrons. The van der Waals surface area contributed by atoms with Crippen molar-refractivity contribution in [1.82, 2.24) is 0 Å². The van der Waals surface area contributed by atoms with Crippen LogP contribution in [0.3, 0.4) is 0 Å². The fourth-order valence-corrected chi connectivity index (χ4v) is 2.90. The predicted molar refractivity (Wildman–Crippen MR) is 107 cm³/mol. The smallest absolute Gasteiger partial charge is 0.335 e. The van der Waals surface area contributed by atoms with Crippen molar-refractivity contribution in [3.05, 3.63) is 52.6 Å². The molecule has 0 amide bonds. The molecule has 0 fully saturated rings. The highest BCUT2D eigenvalue weighted by Crippen LogP contribution is 2.41. The van der Waals surface area contributed by atoms with Crippen LogP contribution in [-0.2, 0) is 10.8 Å². The van der Waals surface area contributed by atoms with Gasteiger partial charge in [-0.2, -0.15) is 0 Å². The molecule has 0 saturated carbocycles. The van der Waals surface area contributed by atoms with Crippen LogP contribution in [0.5, 0.6) is 5.75 Å². The molecule has 0 bridgehead atoms. The summed E-state index contributed by atoms with van der Waals surface area (Å²) in [5, 5.41) is 23.4. The number of nitrogens with one attached hydrogen (secondary N) is 1. The fraction of sp³-hybridized carbons (Fsp3) is 0.409. The number of anilines is 2. The van der Waals surface area contributed by atoms with Crippen LogP contribution in [0.4, 0.5) is 11.4 Å². The Bertz CT molecular complexity index is 804. The van der Waals surface area contributed by atoms with Gasteiger partial charge in [-0.1, -0.05) is 47.6 Å². The van der Waals surface area contributed by atoms with Gasteiger partial charge in [0, 0.05) is 22.5 Å². The zero-order valence-corrected chi connectivity index (χ0v) is 16.7. The third-order valence-electron chi connectivity index (χ3n) is 4.49. The molecule has 0 aliphatic heterocycles. The van der Waals surface area contributed by atoms with E-state index in [2.05, 4.69) is 46.9 Å². The first-order valence-electron chi connectivity index (χ1n) is 8.79. The third-order valence-corrected chi connectivity index (χ3v) is 4.49. The number of phenolic OH excluding ortho intramolecular Hbond substituents is 1. The van der Waals surface area contributed by atoms with Crippen molar-refractivity contribution in [1.29, 1.82) is 0 Å². The molecule has 2 aromatic carbocycles. The number of carboxylic acid groups (broad SMARTS) is 1. The molecule has 4 nitrogen and oxygen atoms in total. The lowest BCUT2D eigenvalue weighted by atomic mass is 9.79. The van der Waals surface area contributed by atoms with Crippen LogP contribution < -0.4 is 5.32 Å². The first kappa shape index (κ1) is 19.8. The maximum Gasteiger partial charge on any atom is 0.335 e. The van der Waals surface area contributed by atoms with Gasteiger partial charge in [-0.25, -0.2) is 4.79 Å². The van der Waals surface area contributed by atoms with Crippen molar-refractivity contribution in [3.63, 3.8) is 0 Å². The molecule has 0 aliphatic carbocycles. The largest absolute Gasteiger partial charge is 0.507 e. The van der Waals surface area contributed by atoms with Gasteiger partial charge >= 0.3 is 5.97 Å². The monoisotopic (exact) mass is 355 g/mol. The highest BCUT2D eigenvalue weighted by Gasteiger charge is 2.26. The summed E-state index contributed by atoms with van der Waals surface area (Å²) in [6.07, 6.45) is 0. The summed E-state index contributed by atoms with van der Waals surface area (Å²) in [7, 11) is 0. The number of hydrogen-bond donors (Lipinski definition) is 3. The zero-order chi connectivity index (χ0) is 19.9. The van der Waals surface area contributed by atoms with Gasteiger partial charge in [0.25, 0.3) is 0 Å². The number of rotatable bonds is 3. The Labute approximate surface area is 155 Å². The first-order valence-corrected chi connectivity index (χ1v) is 8.79. The van der Waals surface area contributed by atoms with Gasteiger partial charge in [-0.3, -0.25) is 0 Å². The lowest BCUT2D eigenvalue weighted by molar-refractivity contribution is 0.0697. The molecule has 0 atom stereocenters. The number of aromatic carboxylic acids is 1. The molecule has 0 aromatic heterocycles. The van der Waals surface area contributed by atoms with E-state index in [9.17, 15) is 15.0 Å². The standard InChI is InChI=1S/C22H29NO3/c1-13-8-9-14(20(25)26)10-18(13)23-15-11-16(21(2,3)4)19(24)17(12-15)22(5,6)7/h8-12,23-24H,1-7H3,(H,25,26). The molecule has 0 unspecified atom stereocenters. The topological polar surface area (TPSA) is 69.6 Å². The number of hydrogen-bond acceptors (Lipinski definition) is 3. The molecule has 26 heavy (non-hydrogen) atoms. The van der Waals surface area contributed by atoms with E-state index in [0.717, 1.165) is 28.1 Å². The average Bonchev–Trinajstić information content (AvgIpc) is 2.48. The maximum absolute atomic E-state index is 11.3. The predicted octanol–water partition coefficient (Wildman–Crippen LogP) is 5.74. The van der Waals surface area contributed by atoms with Crippen molar-refractivity contribution in [2.45, 2.75) is 59.3 Å². The summed E-state index contributed by atoms with van der Waals surface area (Å²) >= 11 is 0. The van der Waals surface area contributed by atoms with Crippen LogP contribution in [0.15, 0.2) is 30.3 Å². The lowest BCUT2D eigenvalue weighted by Gasteiger charge is -2.28. The number of benzene rings is 2. The second-order valence-electron chi connectivity index (χ2n) is 8.88. The molecule has 3 N–H and O–H groups in total. The summed E-state index contributed by atoms with van der Waals surface area (Å²) in [6, 6.07) is 8.91. The van der Waals surface area contributed by atoms with Gasteiger partial charge in [-0.05, 0) is 47.6 Å². The Morgan fingerprint density at radius 2 is 1.42 bits per heavy atom. The summed E-state index contributed by atoms with van der Waals surface area (Å²) in [4.78, 5) is 11.3. The molecule has 0 heterocycles. The third kappa shape index (κ3) is 4.18. The summed E-state index contributed by atoms with van der Waals surface area (Å²) < 4.78 is 0. The van der Waals surface area contributed by atoms with Crippen LogP contribution in [0.25, 0.3) is 0 Å². The Hall–Kier alpha value is -2.49. The summed E-state index contributed by atoms with van der Waals surface area (Å²) in [6.45, 7) is 14.3. The van der Waals surface area contributed by atoms with Crippen LogP contribution in [0.1, 0.15) is 68.6 Å². The molecule has 0 saturated heterocycles. The molecule has 2 rings (SSSR count). The van der Waals surface area contributed by atoms with Crippen LogP contribution in [0, 0.1) is 6.92 Å². The van der Waals surface area contributed by atoms with Gasteiger partial charge in [0.15, 0.2) is 0 Å². The lowest BCUT2D eigenvalue weighted by Crippen LogP contribution is -2.17. The van der Waals surface area contributed by atoms with E-state index in [1.807, 2.05) is 19.1 Å². The second kappa shape index (κ2) is 6.67. The Morgan fingerprint density at radius 3 is 1.85 bits per heavy atom. The van der Waals surface area contributed by atoms with Crippen LogP contribution in [-0.4, -0.2) is 16.2 Å². The second-order valence-corrected chi connectivity index (χ2v) is 8.88. The van der Waals surface area contributed by atoms with E-state index in [0.29, 0.717) is 5.75 Å². The first-order chi connectivity index (χ1) is 11.8. The van der Waals surface area contributed by atoms with Crippen LogP contribution in [0.2, 0.25) is 0 Å². The van der Waals surface area contributed by atoms with Crippen LogP contribution >= 0.6 is 0 Å². The normalized spacial score (nSPS) is 12.1. The van der Waals surface area contributed by atoms with Crippen molar-refractivity contribution in [2.75, 3.05) is 5.32 Å². The summed E-state index contributed by atoms with van der Waals surface area (Å²) in [5.74, 6) is -0.629. The average molecular weight is 355 g/mol. The highest BCUT2D eigenvalue weighted by molar-refractivity contribution is 5.89. The maximum atomic E-state index is 11.3. The SMILES string of the molecule is Cc1ccc(C(=O)O)cc1Nc1cc(C(C)(C)C)c(O)c(C(C)(C)C)c1. The van der Waals surface area contributed by atoms with Crippen molar-refractivity contribution in [2.24, 2.45) is 0 Å². The molecule has 2 aromatic rings. The Kier molecular flexibility index (Phi) is 5.09. The quantitative estimate of drug-likeness (QED) is 0.614. The minimum absolute atomic E-state index is 0.222. The van der Waals surface area contributed by atoms with Crippen molar-refractivity contribution < 1.29 is 15.0 Å². The Morgan fingerprint density at radius 1 is 0.923 bits per heavy atom. The van der Waals surface area contributed by atoms with Gasteiger partial charge < -0.3 is 15.5 Å². The number of aryl methyl sites for hydroxylation is 1. The minimum Gasteiger partial charge on any atom is -0.507 e. The van der Waals surface area contributed by atoms with Gasteiger partial charge in [0.1, 0.15) is 5.75 Å². The molecule has 0 spiro atoms. The molecular formula is C22H29NO3. The number of carbonyl (C=O) groups is 1. The Balaban J connectivity index is 2.61. The molecule has 0 aliphatic rings. The van der Waals surface area contributed by atoms with Crippen molar-refractivity contribution >= 4 is 17.3 Å². The van der Waals surface area contributed by atoms with Crippen molar-refractivity contribution in [3.8, 4) is 5.75 Å². The minimum atomic E-state index is -0.954. The molecular weight excluding hydrogens is 326 g/mol. The fourth-order valence-electron chi connectivity index (χ4n) is 2.90. The van der Waals surface area contributed by atoms with E-state index in [1.165, 1.54) is 0 Å². The number of aromatic hydroxyl groups is 1. The van der Waals surface area contributed by atoms with E-state index in [-0.39, 0.29) is 16.4 Å². The molecule has 4 heteroatoms. The number of carboxylic acids is 1. The van der Waals surface area contributed by atoms with Gasteiger partial charge in [0.05, 0.1) is 5.56 Å². The molecule has 0 radical (unpaired) electrons.